The van der Waals surface area contributed by atoms with Gasteiger partial charge in [0.1, 0.15) is 5.75 Å². The molecule has 0 saturated carbocycles. The predicted molar refractivity (Wildman–Crippen MR) is 85.4 cm³/mol. The fourth-order valence-corrected chi connectivity index (χ4v) is 5.05. The zero-order valence-corrected chi connectivity index (χ0v) is 13.2. The van der Waals surface area contributed by atoms with Crippen molar-refractivity contribution in [1.82, 2.24) is 10.3 Å². The van der Waals surface area contributed by atoms with E-state index < -0.39 is 0 Å². The van der Waals surface area contributed by atoms with Gasteiger partial charge in [-0.3, -0.25) is 4.98 Å². The fraction of sp³-hybridized carbons (Fsp3) is 0.643. The maximum atomic E-state index is 5.29. The number of thioether (sulfide) groups is 2. The third-order valence-electron chi connectivity index (χ3n) is 3.16. The molecule has 2 unspecified atom stereocenters. The summed E-state index contributed by atoms with van der Waals surface area (Å²) >= 11 is 4.14. The zero-order valence-electron chi connectivity index (χ0n) is 11.6. The first kappa shape index (κ1) is 15.0. The topological polar surface area (TPSA) is 34.2 Å². The second-order valence-corrected chi connectivity index (χ2v) is 7.07. The van der Waals surface area contributed by atoms with Crippen molar-refractivity contribution in [2.45, 2.75) is 24.6 Å². The van der Waals surface area contributed by atoms with Crippen LogP contribution in [0.4, 0.5) is 0 Å². The van der Waals surface area contributed by atoms with E-state index in [1.807, 2.05) is 6.20 Å². The maximum Gasteiger partial charge on any atom is 0.137 e. The van der Waals surface area contributed by atoms with E-state index in [-0.39, 0.29) is 0 Å². The smallest absolute Gasteiger partial charge is 0.137 e. The molecule has 0 aliphatic carbocycles. The Morgan fingerprint density at radius 3 is 3.05 bits per heavy atom. The number of pyridine rings is 1. The summed E-state index contributed by atoms with van der Waals surface area (Å²) in [5.74, 6) is 4.58. The van der Waals surface area contributed by atoms with Crippen molar-refractivity contribution in [3.63, 3.8) is 0 Å². The van der Waals surface area contributed by atoms with E-state index in [2.05, 4.69) is 46.8 Å². The van der Waals surface area contributed by atoms with E-state index >= 15 is 0 Å². The number of aromatic nitrogens is 1. The Bertz CT molecular complexity index is 383. The molecule has 1 fully saturated rings. The summed E-state index contributed by atoms with van der Waals surface area (Å²) in [4.78, 5) is 4.30. The Morgan fingerprint density at radius 1 is 1.47 bits per heavy atom. The molecule has 0 bridgehead atoms. The molecule has 0 spiro atoms. The number of hydrogen-bond acceptors (Lipinski definition) is 5. The van der Waals surface area contributed by atoms with Crippen LogP contribution in [0.25, 0.3) is 0 Å². The van der Waals surface area contributed by atoms with Crippen LogP contribution in [0, 0.1) is 0 Å². The normalized spacial score (nSPS) is 21.1. The first-order valence-corrected chi connectivity index (χ1v) is 8.97. The molecule has 1 aliphatic heterocycles. The lowest BCUT2D eigenvalue weighted by atomic mass is 10.1. The molecule has 1 aliphatic rings. The van der Waals surface area contributed by atoms with Gasteiger partial charge in [-0.1, -0.05) is 6.92 Å². The van der Waals surface area contributed by atoms with Crippen LogP contribution in [0.2, 0.25) is 0 Å². The first-order valence-electron chi connectivity index (χ1n) is 6.76. The number of hydrogen-bond donors (Lipinski definition) is 1. The fourth-order valence-electron chi connectivity index (χ4n) is 2.18. The van der Waals surface area contributed by atoms with Gasteiger partial charge in [0.2, 0.25) is 0 Å². The van der Waals surface area contributed by atoms with Gasteiger partial charge in [0.15, 0.2) is 0 Å². The summed E-state index contributed by atoms with van der Waals surface area (Å²) < 4.78 is 5.29. The minimum Gasteiger partial charge on any atom is -0.495 e. The SMILES string of the molecule is CCCNC(c1cncc(OC)c1)C1CSCCS1. The lowest BCUT2D eigenvalue weighted by Crippen LogP contribution is -2.34. The molecule has 1 aromatic heterocycles. The molecule has 106 valence electrons. The van der Waals surface area contributed by atoms with Gasteiger partial charge < -0.3 is 10.1 Å². The van der Waals surface area contributed by atoms with Crippen molar-refractivity contribution in [1.29, 1.82) is 0 Å². The lowest BCUT2D eigenvalue weighted by Gasteiger charge is -2.30. The summed E-state index contributed by atoms with van der Waals surface area (Å²) in [5.41, 5.74) is 1.24. The minimum absolute atomic E-state index is 0.375. The zero-order chi connectivity index (χ0) is 13.5. The van der Waals surface area contributed by atoms with Crippen molar-refractivity contribution in [3.05, 3.63) is 24.0 Å². The van der Waals surface area contributed by atoms with Crippen molar-refractivity contribution >= 4 is 23.5 Å². The monoisotopic (exact) mass is 298 g/mol. The Labute approximate surface area is 124 Å². The van der Waals surface area contributed by atoms with Crippen LogP contribution >= 0.6 is 23.5 Å². The highest BCUT2D eigenvalue weighted by molar-refractivity contribution is 8.06. The third kappa shape index (κ3) is 4.29. The summed E-state index contributed by atoms with van der Waals surface area (Å²) in [6, 6.07) is 2.49. The molecule has 1 N–H and O–H groups in total. The van der Waals surface area contributed by atoms with E-state index in [0.717, 1.165) is 18.7 Å². The average molecular weight is 298 g/mol. The molecule has 1 aromatic rings. The third-order valence-corrected chi connectivity index (χ3v) is 6.02. The second kappa shape index (κ2) is 8.02. The van der Waals surface area contributed by atoms with E-state index in [1.54, 1.807) is 13.3 Å². The van der Waals surface area contributed by atoms with Gasteiger partial charge in [-0.15, -0.1) is 0 Å². The molecular formula is C14H22N2OS2. The Balaban J connectivity index is 2.14. The molecule has 2 rings (SSSR count). The highest BCUT2D eigenvalue weighted by Gasteiger charge is 2.26. The maximum absolute atomic E-state index is 5.29. The molecule has 5 heteroatoms. The Hall–Kier alpha value is -0.390. The molecular weight excluding hydrogens is 276 g/mol. The number of nitrogens with zero attached hydrogens (tertiary/aromatic N) is 1. The van der Waals surface area contributed by atoms with Crippen molar-refractivity contribution in [3.8, 4) is 5.75 Å². The van der Waals surface area contributed by atoms with Crippen molar-refractivity contribution in [2.75, 3.05) is 30.9 Å². The van der Waals surface area contributed by atoms with Crippen LogP contribution in [0.15, 0.2) is 18.5 Å². The van der Waals surface area contributed by atoms with Crippen LogP contribution in [-0.2, 0) is 0 Å². The van der Waals surface area contributed by atoms with Gasteiger partial charge in [0.25, 0.3) is 0 Å². The van der Waals surface area contributed by atoms with Gasteiger partial charge in [0, 0.05) is 34.7 Å². The van der Waals surface area contributed by atoms with Gasteiger partial charge in [-0.25, -0.2) is 0 Å². The molecule has 0 radical (unpaired) electrons. The quantitative estimate of drug-likeness (QED) is 0.873. The molecule has 2 atom stereocenters. The lowest BCUT2D eigenvalue weighted by molar-refractivity contribution is 0.410. The molecule has 0 aromatic carbocycles. The van der Waals surface area contributed by atoms with Gasteiger partial charge in [0.05, 0.1) is 13.3 Å². The van der Waals surface area contributed by atoms with Crippen LogP contribution < -0.4 is 10.1 Å². The second-order valence-electron chi connectivity index (χ2n) is 4.57. The number of nitrogens with one attached hydrogen (secondary N) is 1. The minimum atomic E-state index is 0.375. The molecule has 0 amide bonds. The van der Waals surface area contributed by atoms with E-state index in [1.165, 1.54) is 22.8 Å². The van der Waals surface area contributed by atoms with Gasteiger partial charge in [-0.05, 0) is 24.6 Å². The standard InChI is InChI=1S/C14H22N2OS2/c1-3-4-16-14(13-10-18-5-6-19-13)11-7-12(17-2)9-15-8-11/h7-9,13-14,16H,3-6,10H2,1-2H3. The molecule has 19 heavy (non-hydrogen) atoms. The highest BCUT2D eigenvalue weighted by Crippen LogP contribution is 2.34. The Kier molecular flexibility index (Phi) is 6.34. The summed E-state index contributed by atoms with van der Waals surface area (Å²) in [6.07, 6.45) is 4.89. The van der Waals surface area contributed by atoms with E-state index in [9.17, 15) is 0 Å². The number of ether oxygens (including phenoxy) is 1. The van der Waals surface area contributed by atoms with Crippen LogP contribution in [0.3, 0.4) is 0 Å². The van der Waals surface area contributed by atoms with Crippen molar-refractivity contribution in [2.24, 2.45) is 0 Å². The summed E-state index contributed by atoms with van der Waals surface area (Å²) in [6.45, 7) is 3.25. The van der Waals surface area contributed by atoms with Crippen molar-refractivity contribution < 1.29 is 4.74 Å². The van der Waals surface area contributed by atoms with Crippen LogP contribution in [0.1, 0.15) is 24.9 Å². The van der Waals surface area contributed by atoms with E-state index in [4.69, 9.17) is 4.74 Å². The average Bonchev–Trinajstić information content (AvgIpc) is 2.49. The van der Waals surface area contributed by atoms with Crippen LogP contribution in [0.5, 0.6) is 5.75 Å². The summed E-state index contributed by atoms with van der Waals surface area (Å²) in [5, 5.41) is 4.30. The molecule has 1 saturated heterocycles. The molecule has 2 heterocycles. The Morgan fingerprint density at radius 2 is 2.37 bits per heavy atom. The molecule has 3 nitrogen and oxygen atoms in total. The van der Waals surface area contributed by atoms with Crippen LogP contribution in [-0.4, -0.2) is 41.1 Å². The summed E-state index contributed by atoms with van der Waals surface area (Å²) in [7, 11) is 1.69. The largest absolute Gasteiger partial charge is 0.495 e. The van der Waals surface area contributed by atoms with E-state index in [0.29, 0.717) is 11.3 Å². The first-order chi connectivity index (χ1) is 9.35. The van der Waals surface area contributed by atoms with Gasteiger partial charge in [-0.2, -0.15) is 23.5 Å². The number of rotatable bonds is 6. The number of methoxy groups -OCH3 is 1. The van der Waals surface area contributed by atoms with Gasteiger partial charge >= 0.3 is 0 Å². The predicted octanol–water partition coefficient (Wildman–Crippen LogP) is 2.98. The highest BCUT2D eigenvalue weighted by atomic mass is 32.2.